The third-order valence-electron chi connectivity index (χ3n) is 6.31. The summed E-state index contributed by atoms with van der Waals surface area (Å²) in [6.45, 7) is 2.64. The van der Waals surface area contributed by atoms with Crippen LogP contribution in [0.4, 0.5) is 0 Å². The van der Waals surface area contributed by atoms with E-state index in [0.29, 0.717) is 31.1 Å². The van der Waals surface area contributed by atoms with Crippen LogP contribution in [0.5, 0.6) is 0 Å². The number of nitrogens with one attached hydrogen (secondary N) is 1. The summed E-state index contributed by atoms with van der Waals surface area (Å²) in [5.74, 6) is 0.713. The lowest BCUT2D eigenvalue weighted by atomic mass is 9.96. The number of nitrogens with zero attached hydrogens (tertiary/aromatic N) is 3. The largest absolute Gasteiger partial charge is 0.395 e. The maximum absolute atomic E-state index is 13.0. The molecule has 2 aromatic rings. The number of likely N-dealkylation sites (tertiary alicyclic amines) is 1. The molecule has 1 aromatic heterocycles. The molecule has 0 spiro atoms. The number of aromatic nitrogens is 2. The topological polar surface area (TPSA) is 87.5 Å². The molecule has 4 rings (SSSR count). The van der Waals surface area contributed by atoms with E-state index in [9.17, 15) is 9.59 Å². The Balaban J connectivity index is 1.36. The number of fused-ring (bicyclic) bond motifs is 1. The van der Waals surface area contributed by atoms with E-state index in [1.54, 1.807) is 6.33 Å². The van der Waals surface area contributed by atoms with Crippen LogP contribution in [0.1, 0.15) is 48.9 Å². The molecule has 1 saturated heterocycles. The first-order valence-corrected chi connectivity index (χ1v) is 10.8. The molecule has 29 heavy (non-hydrogen) atoms. The summed E-state index contributed by atoms with van der Waals surface area (Å²) >= 11 is 0. The van der Waals surface area contributed by atoms with Crippen LogP contribution in [0.25, 0.3) is 11.0 Å². The SMILES string of the molecule is O=C(NCC1CCCN(C(=O)c2ccc3c(c2)ncn3CCO)C1)C1CCCC1. The van der Waals surface area contributed by atoms with Gasteiger partial charge in [0.25, 0.3) is 5.91 Å². The number of rotatable bonds is 6. The predicted molar refractivity (Wildman–Crippen MR) is 110 cm³/mol. The van der Waals surface area contributed by atoms with Gasteiger partial charge in [-0.2, -0.15) is 0 Å². The number of hydrogen-bond donors (Lipinski definition) is 2. The van der Waals surface area contributed by atoms with E-state index in [1.165, 1.54) is 0 Å². The number of benzene rings is 1. The van der Waals surface area contributed by atoms with Gasteiger partial charge >= 0.3 is 0 Å². The van der Waals surface area contributed by atoms with Crippen molar-refractivity contribution in [2.75, 3.05) is 26.2 Å². The average Bonchev–Trinajstić information content (AvgIpc) is 3.42. The van der Waals surface area contributed by atoms with Crippen molar-refractivity contribution in [1.82, 2.24) is 19.8 Å². The lowest BCUT2D eigenvalue weighted by Crippen LogP contribution is -2.44. The van der Waals surface area contributed by atoms with Crippen molar-refractivity contribution < 1.29 is 14.7 Å². The van der Waals surface area contributed by atoms with Crippen LogP contribution in [0.2, 0.25) is 0 Å². The van der Waals surface area contributed by atoms with E-state index in [-0.39, 0.29) is 24.3 Å². The van der Waals surface area contributed by atoms with Crippen LogP contribution in [0.15, 0.2) is 24.5 Å². The number of hydrogen-bond acceptors (Lipinski definition) is 4. The van der Waals surface area contributed by atoms with Crippen LogP contribution in [0, 0.1) is 11.8 Å². The monoisotopic (exact) mass is 398 g/mol. The fourth-order valence-electron chi connectivity index (χ4n) is 4.66. The second-order valence-corrected chi connectivity index (χ2v) is 8.35. The van der Waals surface area contributed by atoms with Gasteiger partial charge in [0.15, 0.2) is 0 Å². The number of carbonyl (C=O) groups excluding carboxylic acids is 2. The van der Waals surface area contributed by atoms with Gasteiger partial charge in [0.05, 0.1) is 24.0 Å². The third-order valence-corrected chi connectivity index (χ3v) is 6.31. The standard InChI is InChI=1S/C22H30N4O3/c27-11-10-26-15-24-19-12-18(7-8-20(19)26)22(29)25-9-3-4-16(14-25)13-23-21(28)17-5-1-2-6-17/h7-8,12,15-17,27H,1-6,9-11,13-14H2,(H,23,28). The summed E-state index contributed by atoms with van der Waals surface area (Å²) in [5.41, 5.74) is 2.32. The number of carbonyl (C=O) groups is 2. The van der Waals surface area contributed by atoms with E-state index in [0.717, 1.165) is 56.1 Å². The molecule has 1 saturated carbocycles. The van der Waals surface area contributed by atoms with Crippen LogP contribution < -0.4 is 5.32 Å². The summed E-state index contributed by atoms with van der Waals surface area (Å²) in [6.07, 6.45) is 8.04. The quantitative estimate of drug-likeness (QED) is 0.781. The molecule has 7 heteroatoms. The summed E-state index contributed by atoms with van der Waals surface area (Å²) in [4.78, 5) is 31.6. The molecule has 2 N–H and O–H groups in total. The number of imidazole rings is 1. The van der Waals surface area contributed by atoms with Crippen LogP contribution in [-0.2, 0) is 11.3 Å². The molecule has 2 amide bonds. The number of aliphatic hydroxyl groups is 1. The maximum Gasteiger partial charge on any atom is 0.253 e. The van der Waals surface area contributed by atoms with E-state index < -0.39 is 0 Å². The molecule has 1 aromatic carbocycles. The Kier molecular flexibility index (Phi) is 6.13. The van der Waals surface area contributed by atoms with Gasteiger partial charge in [0.2, 0.25) is 5.91 Å². The Bertz CT molecular complexity index is 872. The summed E-state index contributed by atoms with van der Waals surface area (Å²) in [6, 6.07) is 5.57. The molecule has 0 radical (unpaired) electrons. The zero-order valence-electron chi connectivity index (χ0n) is 16.8. The minimum Gasteiger partial charge on any atom is -0.395 e. The first-order valence-electron chi connectivity index (χ1n) is 10.8. The highest BCUT2D eigenvalue weighted by Crippen LogP contribution is 2.25. The predicted octanol–water partition coefficient (Wildman–Crippen LogP) is 2.19. The van der Waals surface area contributed by atoms with Gasteiger partial charge in [0, 0.05) is 37.7 Å². The molecular weight excluding hydrogens is 368 g/mol. The minimum absolute atomic E-state index is 0.0235. The summed E-state index contributed by atoms with van der Waals surface area (Å²) < 4.78 is 1.88. The van der Waals surface area contributed by atoms with Crippen LogP contribution >= 0.6 is 0 Å². The zero-order chi connectivity index (χ0) is 20.2. The Hall–Kier alpha value is -2.41. The lowest BCUT2D eigenvalue weighted by Gasteiger charge is -2.33. The average molecular weight is 399 g/mol. The van der Waals surface area contributed by atoms with Gasteiger partial charge in [-0.25, -0.2) is 4.98 Å². The van der Waals surface area contributed by atoms with Crippen LogP contribution in [0.3, 0.4) is 0 Å². The van der Waals surface area contributed by atoms with Crippen molar-refractivity contribution in [3.05, 3.63) is 30.1 Å². The van der Waals surface area contributed by atoms with Crippen molar-refractivity contribution in [3.63, 3.8) is 0 Å². The maximum atomic E-state index is 13.0. The first-order chi connectivity index (χ1) is 14.2. The van der Waals surface area contributed by atoms with Crippen LogP contribution in [-0.4, -0.2) is 57.6 Å². The third kappa shape index (κ3) is 4.45. The van der Waals surface area contributed by atoms with Gasteiger partial charge in [-0.15, -0.1) is 0 Å². The molecule has 1 aliphatic carbocycles. The number of amides is 2. The minimum atomic E-state index is 0.0235. The van der Waals surface area contributed by atoms with Crippen molar-refractivity contribution in [2.45, 2.75) is 45.1 Å². The highest BCUT2D eigenvalue weighted by Gasteiger charge is 2.27. The summed E-state index contributed by atoms with van der Waals surface area (Å²) in [5, 5.41) is 12.3. The van der Waals surface area contributed by atoms with Gasteiger partial charge in [-0.05, 0) is 49.8 Å². The van der Waals surface area contributed by atoms with Gasteiger partial charge < -0.3 is 19.9 Å². The van der Waals surface area contributed by atoms with Crippen molar-refractivity contribution in [3.8, 4) is 0 Å². The second kappa shape index (κ2) is 8.95. The highest BCUT2D eigenvalue weighted by molar-refractivity contribution is 5.97. The van der Waals surface area contributed by atoms with Crippen molar-refractivity contribution in [1.29, 1.82) is 0 Å². The second-order valence-electron chi connectivity index (χ2n) is 8.35. The molecule has 2 fully saturated rings. The molecule has 2 heterocycles. The number of aliphatic hydroxyl groups excluding tert-OH is 1. The first kappa shape index (κ1) is 19.9. The Morgan fingerprint density at radius 2 is 2.00 bits per heavy atom. The highest BCUT2D eigenvalue weighted by atomic mass is 16.3. The number of piperidine rings is 1. The Labute approximate surface area is 171 Å². The molecule has 156 valence electrons. The zero-order valence-corrected chi connectivity index (χ0v) is 16.8. The van der Waals surface area contributed by atoms with Gasteiger partial charge in [-0.1, -0.05) is 12.8 Å². The normalized spacial score (nSPS) is 20.3. The molecule has 0 bridgehead atoms. The molecule has 7 nitrogen and oxygen atoms in total. The van der Waals surface area contributed by atoms with E-state index in [4.69, 9.17) is 5.11 Å². The van der Waals surface area contributed by atoms with E-state index in [2.05, 4.69) is 10.3 Å². The van der Waals surface area contributed by atoms with Gasteiger partial charge in [-0.3, -0.25) is 9.59 Å². The fraction of sp³-hybridized carbons (Fsp3) is 0.591. The lowest BCUT2D eigenvalue weighted by molar-refractivity contribution is -0.125. The molecule has 2 aliphatic rings. The molecule has 1 unspecified atom stereocenters. The molecule has 1 aliphatic heterocycles. The van der Waals surface area contributed by atoms with E-state index in [1.807, 2.05) is 27.7 Å². The smallest absolute Gasteiger partial charge is 0.253 e. The molecule has 1 atom stereocenters. The molecular formula is C22H30N4O3. The van der Waals surface area contributed by atoms with Crippen molar-refractivity contribution >= 4 is 22.8 Å². The Morgan fingerprint density at radius 1 is 1.17 bits per heavy atom. The van der Waals surface area contributed by atoms with Gasteiger partial charge in [0.1, 0.15) is 0 Å². The summed E-state index contributed by atoms with van der Waals surface area (Å²) in [7, 11) is 0. The Morgan fingerprint density at radius 3 is 2.79 bits per heavy atom. The van der Waals surface area contributed by atoms with E-state index >= 15 is 0 Å². The van der Waals surface area contributed by atoms with Crippen molar-refractivity contribution in [2.24, 2.45) is 11.8 Å². The fourth-order valence-corrected chi connectivity index (χ4v) is 4.66.